The van der Waals surface area contributed by atoms with Crippen molar-refractivity contribution in [1.29, 1.82) is 0 Å². The van der Waals surface area contributed by atoms with Crippen LogP contribution in [0, 0.1) is 64.1 Å². The second-order valence-electron chi connectivity index (χ2n) is 36.0. The minimum absolute atomic E-state index is 0. The van der Waals surface area contributed by atoms with Gasteiger partial charge in [0.25, 0.3) is 0 Å². The van der Waals surface area contributed by atoms with Crippen molar-refractivity contribution in [3.05, 3.63) is 296 Å². The zero-order valence-corrected chi connectivity index (χ0v) is 80.1. The summed E-state index contributed by atoms with van der Waals surface area (Å²) in [5.74, 6) is 0. The van der Waals surface area contributed by atoms with Crippen LogP contribution < -0.4 is 27.3 Å². The molecule has 5 fully saturated rings. The number of hydrogen-bond donors (Lipinski definition) is 0. The molecule has 6 aromatic heterocycles. The van der Waals surface area contributed by atoms with E-state index in [1.54, 1.807) is 12.4 Å². The molecule has 5 saturated heterocycles. The van der Waals surface area contributed by atoms with Crippen molar-refractivity contribution in [2.75, 3.05) is 0 Å². The first-order chi connectivity index (χ1) is 57.0. The topological polar surface area (TPSA) is 170 Å². The van der Waals surface area contributed by atoms with E-state index in [2.05, 4.69) is 205 Å². The van der Waals surface area contributed by atoms with Crippen LogP contribution in [-0.4, -0.2) is 122 Å². The van der Waals surface area contributed by atoms with Gasteiger partial charge in [-0.2, -0.15) is 0 Å². The Morgan fingerprint density at radius 1 is 0.211 bits per heavy atom. The molecule has 0 amide bonds. The first kappa shape index (κ1) is 96.7. The van der Waals surface area contributed by atoms with Gasteiger partial charge in [-0.3, -0.25) is 0 Å². The average Bonchev–Trinajstić information content (AvgIpc) is 1.65. The number of nitrogens with zero attached hydrogens (tertiary/aromatic N) is 6. The van der Waals surface area contributed by atoms with Gasteiger partial charge in [0, 0.05) is 35.2 Å². The maximum absolute atomic E-state index is 6.11. The minimum atomic E-state index is -0.358. The first-order valence-electron chi connectivity index (χ1n) is 41.4. The third-order valence-electron chi connectivity index (χ3n) is 24.0. The van der Waals surface area contributed by atoms with Crippen LogP contribution in [0.3, 0.4) is 0 Å². The van der Waals surface area contributed by atoms with E-state index in [1.807, 2.05) is 252 Å². The molecule has 12 aromatic rings. The van der Waals surface area contributed by atoms with Crippen LogP contribution in [0.4, 0.5) is 0 Å². The van der Waals surface area contributed by atoms with Gasteiger partial charge in [-0.05, 0) is 237 Å². The number of aryl methyl sites for hydroxylation is 4. The molecule has 0 aliphatic carbocycles. The minimum Gasteiger partial charge on any atom is -0.400 e. The molecule has 0 spiro atoms. The van der Waals surface area contributed by atoms with E-state index in [4.69, 9.17) is 46.5 Å². The van der Waals surface area contributed by atoms with Gasteiger partial charge in [0.1, 0.15) is 0 Å². The van der Waals surface area contributed by atoms with Crippen molar-refractivity contribution < 1.29 is 86.8 Å². The van der Waals surface area contributed by atoms with Gasteiger partial charge in [0.05, 0.1) is 56.0 Å². The van der Waals surface area contributed by atoms with Crippen LogP contribution in [0.15, 0.2) is 237 Å². The third-order valence-corrected chi connectivity index (χ3v) is 24.0. The van der Waals surface area contributed by atoms with Gasteiger partial charge in [-0.25, -0.2) is 0 Å². The summed E-state index contributed by atoms with van der Waals surface area (Å²) < 4.78 is 61.0. The van der Waals surface area contributed by atoms with E-state index in [9.17, 15) is 0 Å². The maximum Gasteiger partial charge on any atom is 3.00 e. The predicted octanol–water partition coefficient (Wildman–Crippen LogP) is 18.0. The molecular weight excluding hydrogens is 1880 g/mol. The molecule has 16 nitrogen and oxygen atoms in total. The van der Waals surface area contributed by atoms with Crippen molar-refractivity contribution in [3.8, 4) is 67.5 Å². The average molecular weight is 2000 g/mol. The Balaban J connectivity index is 0.000000155. The molecule has 5 aliphatic rings. The largest absolute Gasteiger partial charge is 3.00 e. The third kappa shape index (κ3) is 23.6. The summed E-state index contributed by atoms with van der Waals surface area (Å²) in [6.45, 7) is 49.1. The Bertz CT molecular complexity index is 5030. The van der Waals surface area contributed by atoms with Crippen LogP contribution in [0.1, 0.15) is 161 Å². The molecule has 6 aromatic carbocycles. The molecule has 11 heterocycles. The standard InChI is InChI=1S/3C18H21BNO2.2C17H19BNO2.C12H10N.2Ir/c3*1-13-8-6-11-16(20-13)14-9-7-10-15(12-14)19-21-17(2,3)18(4,5)22-19;2*1-16(2)17(3,4)21-18(20-16)14-9-7-8-13(12-14)15-10-5-6-11-19-15;1-10-6-5-9-12(13-10)11-7-3-2-4-8-11;;/h3*6-8,10-12H,1-5H3;2*5-7,9-12H,1-4H3;2-7,9H,1H3;;/q6*-1;2*+3. The van der Waals surface area contributed by atoms with E-state index in [1.165, 1.54) is 0 Å². The smallest absolute Gasteiger partial charge is 0.400 e. The molecule has 0 saturated carbocycles. The van der Waals surface area contributed by atoms with Gasteiger partial charge in [-0.1, -0.05) is 72.8 Å². The van der Waals surface area contributed by atoms with Crippen molar-refractivity contribution >= 4 is 62.9 Å². The molecule has 23 heteroatoms. The van der Waals surface area contributed by atoms with Crippen molar-refractivity contribution in [1.82, 2.24) is 29.9 Å². The van der Waals surface area contributed by atoms with E-state index in [-0.39, 0.29) is 132 Å². The molecule has 123 heavy (non-hydrogen) atoms. The Hall–Kier alpha value is -8.56. The van der Waals surface area contributed by atoms with Gasteiger partial charge >= 0.3 is 75.8 Å². The Morgan fingerprint density at radius 3 is 0.602 bits per heavy atom. The number of benzene rings is 6. The molecule has 0 N–H and O–H groups in total. The molecule has 5 aliphatic heterocycles. The summed E-state index contributed by atoms with van der Waals surface area (Å²) >= 11 is 0. The van der Waals surface area contributed by atoms with E-state index in [0.29, 0.717) is 0 Å². The predicted molar refractivity (Wildman–Crippen MR) is 489 cm³/mol. The Labute approximate surface area is 759 Å². The Morgan fingerprint density at radius 2 is 0.407 bits per heavy atom. The molecule has 17 rings (SSSR count). The zero-order chi connectivity index (χ0) is 87.1. The quantitative estimate of drug-likeness (QED) is 0.0884. The summed E-state index contributed by atoms with van der Waals surface area (Å²) in [6.07, 6.45) is 3.56. The molecule has 0 radical (unpaired) electrons. The van der Waals surface area contributed by atoms with E-state index in [0.717, 1.165) is 118 Å². The summed E-state index contributed by atoms with van der Waals surface area (Å²) in [6, 6.07) is 92.5. The van der Waals surface area contributed by atoms with E-state index >= 15 is 0 Å². The van der Waals surface area contributed by atoms with Crippen LogP contribution in [0.25, 0.3) is 67.5 Å². The fourth-order valence-corrected chi connectivity index (χ4v) is 13.2. The summed E-state index contributed by atoms with van der Waals surface area (Å²) in [7, 11) is -1.78. The zero-order valence-electron chi connectivity index (χ0n) is 75.3. The number of hydrogen-bond acceptors (Lipinski definition) is 16. The number of rotatable bonds is 11. The van der Waals surface area contributed by atoms with Crippen molar-refractivity contribution in [3.63, 3.8) is 0 Å². The summed E-state index contributed by atoms with van der Waals surface area (Å²) in [4.78, 5) is 26.8. The molecule has 0 unspecified atom stereocenters. The monoisotopic (exact) mass is 2000 g/mol. The van der Waals surface area contributed by atoms with Crippen LogP contribution >= 0.6 is 0 Å². The fraction of sp³-hybridized carbons (Fsp3) is 0.340. The van der Waals surface area contributed by atoms with Crippen molar-refractivity contribution in [2.45, 2.75) is 222 Å². The summed E-state index contributed by atoms with van der Waals surface area (Å²) in [5.41, 5.74) is 17.0. The molecule has 0 atom stereocenters. The molecule has 634 valence electrons. The Kier molecular flexibility index (Phi) is 31.1. The molecule has 0 bridgehead atoms. The fourth-order valence-electron chi connectivity index (χ4n) is 13.2. The normalized spacial score (nSPS) is 18.2. The van der Waals surface area contributed by atoms with Crippen molar-refractivity contribution in [2.24, 2.45) is 0 Å². The second kappa shape index (κ2) is 39.5. The first-order valence-corrected chi connectivity index (χ1v) is 41.4. The molecular formula is C100H111B5Ir2N6O10. The second-order valence-corrected chi connectivity index (χ2v) is 36.0. The van der Waals surface area contributed by atoms with Gasteiger partial charge in [-0.15, -0.1) is 212 Å². The van der Waals surface area contributed by atoms with Crippen LogP contribution in [0.2, 0.25) is 0 Å². The maximum atomic E-state index is 6.11. The van der Waals surface area contributed by atoms with Crippen LogP contribution in [0.5, 0.6) is 0 Å². The number of aromatic nitrogens is 6. The van der Waals surface area contributed by atoms with Gasteiger partial charge in [0.15, 0.2) is 0 Å². The van der Waals surface area contributed by atoms with Gasteiger partial charge in [0.2, 0.25) is 0 Å². The number of pyridine rings is 6. The summed E-state index contributed by atoms with van der Waals surface area (Å²) in [5, 5.41) is 0. The SMILES string of the molecule is CC1(C)OB(c2cc[c-]c(-c3ccccn3)c2)OC1(C)C.CC1(C)OB(c2cc[c-]c(-c3ccccn3)c2)OC1(C)C.Cc1cccc(-c2[c-]ccc(B3OC(C)(C)C(C)(C)O3)c2)n1.Cc1cccc(-c2[c-]ccc(B3OC(C)(C)C(C)(C)O3)c2)n1.Cc1cccc(-c2[c-]ccc(B3OC(C)(C)C(C)(C)O3)c2)n1.Cc1cccc(-c2[c-]cccc2)n1.[Ir+3].[Ir+3]. The van der Waals surface area contributed by atoms with Crippen LogP contribution in [-0.2, 0) is 86.8 Å². The van der Waals surface area contributed by atoms with Gasteiger partial charge < -0.3 is 76.4 Å². The van der Waals surface area contributed by atoms with E-state index < -0.39 is 0 Å².